The molecule has 0 aromatic carbocycles. The van der Waals surface area contributed by atoms with Gasteiger partial charge in [0.15, 0.2) is 0 Å². The molecular formula is C8H17B2. The molecule has 55 valence electrons. The minimum absolute atomic E-state index is 0.755. The minimum atomic E-state index is 0.755. The Morgan fingerprint density at radius 3 is 2.30 bits per heavy atom. The molecule has 0 amide bonds. The second-order valence-electron chi connectivity index (χ2n) is 3.21. The first-order valence-electron chi connectivity index (χ1n) is 4.25. The normalized spacial score (nSPS) is 16.3. The highest BCUT2D eigenvalue weighted by molar-refractivity contribution is 6.89. The molecule has 0 aromatic rings. The summed E-state index contributed by atoms with van der Waals surface area (Å²) in [6.45, 7) is 6.80. The van der Waals surface area contributed by atoms with Gasteiger partial charge in [-0.1, -0.05) is 39.9 Å². The van der Waals surface area contributed by atoms with E-state index in [0.717, 1.165) is 18.2 Å². The summed E-state index contributed by atoms with van der Waals surface area (Å²) >= 11 is 0. The Labute approximate surface area is 67.4 Å². The van der Waals surface area contributed by atoms with Crippen LogP contribution in [0, 0.1) is 11.8 Å². The first-order valence-corrected chi connectivity index (χ1v) is 4.25. The molecule has 0 saturated carbocycles. The molecule has 0 aliphatic heterocycles. The van der Waals surface area contributed by atoms with Crippen LogP contribution in [0.1, 0.15) is 33.6 Å². The van der Waals surface area contributed by atoms with Crippen molar-refractivity contribution in [2.45, 2.75) is 39.9 Å². The molecule has 0 aromatic heterocycles. The van der Waals surface area contributed by atoms with Crippen LogP contribution < -0.4 is 0 Å². The predicted molar refractivity (Wildman–Crippen MR) is 49.6 cm³/mol. The van der Waals surface area contributed by atoms with Crippen LogP contribution in [-0.4, -0.2) is 14.9 Å². The molecule has 0 N–H and O–H groups in total. The van der Waals surface area contributed by atoms with E-state index in [4.69, 9.17) is 7.74 Å². The molecule has 2 atom stereocenters. The van der Waals surface area contributed by atoms with Gasteiger partial charge in [0.2, 0.25) is 0 Å². The van der Waals surface area contributed by atoms with Gasteiger partial charge in [-0.3, -0.25) is 0 Å². The van der Waals surface area contributed by atoms with Crippen molar-refractivity contribution in [2.24, 2.45) is 11.8 Å². The van der Waals surface area contributed by atoms with Crippen LogP contribution in [-0.2, 0) is 0 Å². The van der Waals surface area contributed by atoms with Crippen LogP contribution in [0.4, 0.5) is 0 Å². The first-order chi connectivity index (χ1) is 4.72. The van der Waals surface area contributed by atoms with Crippen molar-refractivity contribution in [3.8, 4) is 0 Å². The molecule has 0 aliphatic rings. The van der Waals surface area contributed by atoms with Gasteiger partial charge in [-0.15, -0.1) is 0 Å². The van der Waals surface area contributed by atoms with Gasteiger partial charge in [-0.2, -0.15) is 0 Å². The van der Waals surface area contributed by atoms with E-state index in [2.05, 4.69) is 20.8 Å². The summed E-state index contributed by atoms with van der Waals surface area (Å²) < 4.78 is 0. The van der Waals surface area contributed by atoms with E-state index in [9.17, 15) is 0 Å². The molecule has 1 unspecified atom stereocenters. The van der Waals surface area contributed by atoms with Crippen LogP contribution in [0.2, 0.25) is 6.32 Å². The first kappa shape index (κ1) is 10.1. The van der Waals surface area contributed by atoms with Crippen LogP contribution in [0.5, 0.6) is 0 Å². The fraction of sp³-hybridized carbons (Fsp3) is 1.00. The topological polar surface area (TPSA) is 0 Å². The zero-order chi connectivity index (χ0) is 7.98. The molecule has 0 nitrogen and oxygen atoms in total. The smallest absolute Gasteiger partial charge is 0.0548 e. The van der Waals surface area contributed by atoms with Crippen molar-refractivity contribution in [3.63, 3.8) is 0 Å². The van der Waals surface area contributed by atoms with Crippen LogP contribution >= 0.6 is 0 Å². The van der Waals surface area contributed by atoms with Gasteiger partial charge >= 0.3 is 0 Å². The quantitative estimate of drug-likeness (QED) is 0.507. The van der Waals surface area contributed by atoms with Crippen LogP contribution in [0.15, 0.2) is 0 Å². The summed E-state index contributed by atoms with van der Waals surface area (Å²) in [4.78, 5) is 0. The molecular weight excluding hydrogens is 118 g/mol. The Morgan fingerprint density at radius 1 is 1.30 bits per heavy atom. The Hall–Kier alpha value is 0.130. The maximum atomic E-state index is 5.34. The van der Waals surface area contributed by atoms with E-state index >= 15 is 0 Å². The van der Waals surface area contributed by atoms with E-state index in [-0.39, 0.29) is 0 Å². The molecule has 0 rings (SSSR count). The second-order valence-corrected chi connectivity index (χ2v) is 3.21. The molecule has 0 saturated heterocycles. The number of hydrogen-bond acceptors (Lipinski definition) is 0. The van der Waals surface area contributed by atoms with Crippen molar-refractivity contribution in [2.75, 3.05) is 0 Å². The zero-order valence-corrected chi connectivity index (χ0v) is 7.43. The Morgan fingerprint density at radius 2 is 1.90 bits per heavy atom. The van der Waals surface area contributed by atoms with E-state index in [0.29, 0.717) is 0 Å². The van der Waals surface area contributed by atoms with Gasteiger partial charge < -0.3 is 0 Å². The Bertz CT molecular complexity index is 63.7. The van der Waals surface area contributed by atoms with E-state index in [1.807, 2.05) is 0 Å². The van der Waals surface area contributed by atoms with Gasteiger partial charge in [-0.05, 0) is 11.8 Å². The lowest BCUT2D eigenvalue weighted by atomic mass is 9.50. The largest absolute Gasteiger partial charge is 0.0867 e. The summed E-state index contributed by atoms with van der Waals surface area (Å²) in [5.74, 6) is 1.58. The van der Waals surface area contributed by atoms with Crippen molar-refractivity contribution >= 4 is 14.9 Å². The SMILES string of the molecule is [B][B]C[C@H](C)C(C)CCC. The Balaban J connectivity index is 3.38. The molecule has 0 aliphatic carbocycles. The third-order valence-electron chi connectivity index (χ3n) is 2.22. The van der Waals surface area contributed by atoms with Crippen LogP contribution in [0.25, 0.3) is 0 Å². The summed E-state index contributed by atoms with van der Waals surface area (Å²) in [7, 11) is 7.11. The molecule has 0 fully saturated rings. The summed E-state index contributed by atoms with van der Waals surface area (Å²) in [6.07, 6.45) is 3.67. The van der Waals surface area contributed by atoms with E-state index in [1.54, 1.807) is 7.17 Å². The van der Waals surface area contributed by atoms with Crippen molar-refractivity contribution < 1.29 is 0 Å². The lowest BCUT2D eigenvalue weighted by molar-refractivity contribution is 0.388. The average Bonchev–Trinajstić information content (AvgIpc) is 1.89. The summed E-state index contributed by atoms with van der Waals surface area (Å²) in [5.41, 5.74) is 0. The highest BCUT2D eigenvalue weighted by Crippen LogP contribution is 2.19. The van der Waals surface area contributed by atoms with Crippen molar-refractivity contribution in [1.29, 1.82) is 0 Å². The van der Waals surface area contributed by atoms with Gasteiger partial charge in [0.05, 0.1) is 7.17 Å². The molecule has 10 heavy (non-hydrogen) atoms. The fourth-order valence-electron chi connectivity index (χ4n) is 1.19. The molecule has 0 bridgehead atoms. The monoisotopic (exact) mass is 135 g/mol. The number of rotatable bonds is 5. The number of hydrogen-bond donors (Lipinski definition) is 0. The average molecular weight is 135 g/mol. The van der Waals surface area contributed by atoms with Gasteiger partial charge in [0.1, 0.15) is 0 Å². The van der Waals surface area contributed by atoms with Gasteiger partial charge in [0.25, 0.3) is 0 Å². The molecule has 0 spiro atoms. The minimum Gasteiger partial charge on any atom is -0.0867 e. The van der Waals surface area contributed by atoms with Crippen molar-refractivity contribution in [1.82, 2.24) is 0 Å². The summed E-state index contributed by atoms with van der Waals surface area (Å²) in [6, 6.07) is 0. The third kappa shape index (κ3) is 4.03. The molecule has 2 heteroatoms. The maximum absolute atomic E-state index is 5.34. The second kappa shape index (κ2) is 5.88. The fourth-order valence-corrected chi connectivity index (χ4v) is 1.19. The van der Waals surface area contributed by atoms with Crippen LogP contribution in [0.3, 0.4) is 0 Å². The third-order valence-corrected chi connectivity index (χ3v) is 2.22. The van der Waals surface area contributed by atoms with E-state index in [1.165, 1.54) is 12.8 Å². The zero-order valence-electron chi connectivity index (χ0n) is 7.43. The standard InChI is InChI=1S/C8H17B2/c1-4-5-7(2)8(3)6-10-9/h7-8H,4-6H2,1-3H3/t7?,8-/m0/s1. The molecule has 3 radical (unpaired) electrons. The predicted octanol–water partition coefficient (Wildman–Crippen LogP) is 2.26. The lowest BCUT2D eigenvalue weighted by Gasteiger charge is -2.18. The lowest BCUT2D eigenvalue weighted by Crippen LogP contribution is -2.09. The van der Waals surface area contributed by atoms with Crippen molar-refractivity contribution in [3.05, 3.63) is 0 Å². The summed E-state index contributed by atoms with van der Waals surface area (Å²) in [5, 5.41) is 0. The maximum Gasteiger partial charge on any atom is 0.0548 e. The van der Waals surface area contributed by atoms with E-state index < -0.39 is 0 Å². The Kier molecular flexibility index (Phi) is 5.96. The highest BCUT2D eigenvalue weighted by atomic mass is 14.1. The molecule has 0 heterocycles. The highest BCUT2D eigenvalue weighted by Gasteiger charge is 2.08. The van der Waals surface area contributed by atoms with Gasteiger partial charge in [-0.25, -0.2) is 0 Å². The van der Waals surface area contributed by atoms with Gasteiger partial charge in [0, 0.05) is 7.74 Å².